The third-order valence-electron chi connectivity index (χ3n) is 5.51. The Balaban J connectivity index is 1.75. The van der Waals surface area contributed by atoms with Crippen LogP contribution in [0.25, 0.3) is 11.3 Å². The molecule has 0 saturated heterocycles. The average Bonchev–Trinajstić information content (AvgIpc) is 3.11. The number of fused-ring (bicyclic) bond motifs is 1. The van der Waals surface area contributed by atoms with Crippen molar-refractivity contribution in [2.75, 3.05) is 18.2 Å². The van der Waals surface area contributed by atoms with E-state index in [0.29, 0.717) is 16.7 Å². The van der Waals surface area contributed by atoms with Crippen LogP contribution in [0, 0.1) is 0 Å². The second-order valence-electron chi connectivity index (χ2n) is 7.37. The molecule has 0 bridgehead atoms. The molecule has 162 valence electrons. The van der Waals surface area contributed by atoms with Gasteiger partial charge in [0.1, 0.15) is 5.03 Å². The molecule has 0 spiro atoms. The van der Waals surface area contributed by atoms with Gasteiger partial charge in [-0.2, -0.15) is 0 Å². The molecule has 0 amide bonds. The second-order valence-corrected chi connectivity index (χ2v) is 9.01. The first-order chi connectivity index (χ1) is 15.0. The van der Waals surface area contributed by atoms with Crippen LogP contribution in [-0.4, -0.2) is 28.9 Å². The first-order valence-electron chi connectivity index (χ1n) is 10.4. The van der Waals surface area contributed by atoms with Crippen molar-refractivity contribution in [3.63, 3.8) is 0 Å². The van der Waals surface area contributed by atoms with Crippen molar-refractivity contribution in [1.82, 2.24) is 9.97 Å². The third-order valence-corrected chi connectivity index (χ3v) is 6.73. The molecule has 2 aromatic carbocycles. The highest BCUT2D eigenvalue weighted by Gasteiger charge is 2.34. The van der Waals surface area contributed by atoms with Crippen molar-refractivity contribution >= 4 is 40.8 Å². The van der Waals surface area contributed by atoms with Gasteiger partial charge < -0.3 is 10.1 Å². The van der Waals surface area contributed by atoms with Gasteiger partial charge in [-0.1, -0.05) is 54.4 Å². The summed E-state index contributed by atoms with van der Waals surface area (Å²) in [6.07, 6.45) is 3.70. The standard InChI is InChI=1S/C24H25Cl2N3OS/c1-4-19-21(17-11-10-15(25)13-18(17)26)29-24(31-3)23(27-19)28-22-16-9-7-6-8-14(16)12-20(22)30-5-2/h6-11,13,20,22H,4-5,12H2,1-3H3,(H,27,28)/t20-,22+/m0/s1. The number of benzene rings is 2. The highest BCUT2D eigenvalue weighted by atomic mass is 35.5. The van der Waals surface area contributed by atoms with Crippen LogP contribution in [0.15, 0.2) is 47.5 Å². The van der Waals surface area contributed by atoms with Gasteiger partial charge in [-0.15, -0.1) is 11.8 Å². The minimum atomic E-state index is 0.0334. The van der Waals surface area contributed by atoms with E-state index in [1.807, 2.05) is 25.3 Å². The lowest BCUT2D eigenvalue weighted by Crippen LogP contribution is -2.25. The summed E-state index contributed by atoms with van der Waals surface area (Å²) in [6, 6.07) is 14.0. The van der Waals surface area contributed by atoms with Crippen LogP contribution < -0.4 is 5.32 Å². The zero-order valence-corrected chi connectivity index (χ0v) is 20.1. The van der Waals surface area contributed by atoms with Crippen molar-refractivity contribution in [3.05, 3.63) is 69.3 Å². The van der Waals surface area contributed by atoms with Gasteiger partial charge in [-0.05, 0) is 48.9 Å². The number of aryl methyl sites for hydroxylation is 1. The molecule has 31 heavy (non-hydrogen) atoms. The summed E-state index contributed by atoms with van der Waals surface area (Å²) < 4.78 is 6.07. The molecule has 3 aromatic rings. The molecule has 7 heteroatoms. The summed E-state index contributed by atoms with van der Waals surface area (Å²) in [7, 11) is 0. The zero-order valence-electron chi connectivity index (χ0n) is 17.8. The topological polar surface area (TPSA) is 47.0 Å². The van der Waals surface area contributed by atoms with Gasteiger partial charge in [-0.25, -0.2) is 9.97 Å². The lowest BCUT2D eigenvalue weighted by molar-refractivity contribution is 0.0573. The minimum absolute atomic E-state index is 0.0334. The van der Waals surface area contributed by atoms with Crippen molar-refractivity contribution in [2.24, 2.45) is 0 Å². The smallest absolute Gasteiger partial charge is 0.159 e. The molecule has 0 aliphatic heterocycles. The van der Waals surface area contributed by atoms with Crippen LogP contribution in [0.4, 0.5) is 5.82 Å². The SMILES string of the molecule is CCO[C@H]1Cc2ccccc2[C@H]1Nc1nc(CC)c(-c2ccc(Cl)cc2Cl)nc1SC. The summed E-state index contributed by atoms with van der Waals surface area (Å²) in [5.41, 5.74) is 5.11. The molecule has 4 nitrogen and oxygen atoms in total. The quantitative estimate of drug-likeness (QED) is 0.380. The van der Waals surface area contributed by atoms with E-state index in [1.54, 1.807) is 17.8 Å². The fraction of sp³-hybridized carbons (Fsp3) is 0.333. The summed E-state index contributed by atoms with van der Waals surface area (Å²) >= 11 is 14.1. The summed E-state index contributed by atoms with van der Waals surface area (Å²) in [5.74, 6) is 0.782. The van der Waals surface area contributed by atoms with E-state index in [2.05, 4.69) is 36.5 Å². The van der Waals surface area contributed by atoms with Gasteiger partial charge >= 0.3 is 0 Å². The zero-order chi connectivity index (χ0) is 22.0. The summed E-state index contributed by atoms with van der Waals surface area (Å²) in [5, 5.41) is 5.66. The van der Waals surface area contributed by atoms with Crippen LogP contribution in [0.1, 0.15) is 36.7 Å². The minimum Gasteiger partial charge on any atom is -0.376 e. The molecule has 0 fully saturated rings. The molecular formula is C24H25Cl2N3OS. The Bertz CT molecular complexity index is 1090. The number of rotatable bonds is 7. The van der Waals surface area contributed by atoms with Crippen molar-refractivity contribution in [2.45, 2.75) is 43.9 Å². The predicted molar refractivity (Wildman–Crippen MR) is 131 cm³/mol. The first kappa shape index (κ1) is 22.4. The maximum atomic E-state index is 6.48. The molecule has 0 unspecified atom stereocenters. The van der Waals surface area contributed by atoms with E-state index in [4.69, 9.17) is 37.9 Å². The lowest BCUT2D eigenvalue weighted by atomic mass is 10.1. The van der Waals surface area contributed by atoms with Gasteiger partial charge in [-0.3, -0.25) is 0 Å². The fourth-order valence-electron chi connectivity index (χ4n) is 4.08. The number of ether oxygens (including phenoxy) is 1. The molecule has 0 radical (unpaired) electrons. The van der Waals surface area contributed by atoms with Crippen molar-refractivity contribution < 1.29 is 4.74 Å². The Kier molecular flexibility index (Phi) is 7.07. The van der Waals surface area contributed by atoms with E-state index in [1.165, 1.54) is 11.1 Å². The second kappa shape index (κ2) is 9.78. The number of aromatic nitrogens is 2. The van der Waals surface area contributed by atoms with Crippen LogP contribution in [0.2, 0.25) is 10.0 Å². The van der Waals surface area contributed by atoms with Gasteiger partial charge in [0.25, 0.3) is 0 Å². The van der Waals surface area contributed by atoms with E-state index < -0.39 is 0 Å². The molecule has 0 saturated carbocycles. The lowest BCUT2D eigenvalue weighted by Gasteiger charge is -2.24. The maximum Gasteiger partial charge on any atom is 0.159 e. The highest BCUT2D eigenvalue weighted by Crippen LogP contribution is 2.39. The fourth-order valence-corrected chi connectivity index (χ4v) is 5.06. The number of thioether (sulfide) groups is 1. The molecule has 1 aliphatic rings. The predicted octanol–water partition coefficient (Wildman–Crippen LogP) is 6.85. The molecule has 1 aromatic heterocycles. The van der Waals surface area contributed by atoms with E-state index in [9.17, 15) is 0 Å². The largest absolute Gasteiger partial charge is 0.376 e. The van der Waals surface area contributed by atoms with Crippen LogP contribution in [0.5, 0.6) is 0 Å². The Hall–Kier alpha value is -1.79. The van der Waals surface area contributed by atoms with Gasteiger partial charge in [0.15, 0.2) is 5.82 Å². The van der Waals surface area contributed by atoms with Gasteiger partial charge in [0, 0.05) is 23.6 Å². The van der Waals surface area contributed by atoms with E-state index >= 15 is 0 Å². The van der Waals surface area contributed by atoms with E-state index in [0.717, 1.165) is 40.6 Å². The average molecular weight is 474 g/mol. The normalized spacial score (nSPS) is 17.6. The Labute approximate surface area is 197 Å². The van der Waals surface area contributed by atoms with Crippen LogP contribution in [-0.2, 0) is 17.6 Å². The molecule has 4 rings (SSSR count). The molecular weight excluding hydrogens is 449 g/mol. The van der Waals surface area contributed by atoms with E-state index in [-0.39, 0.29) is 12.1 Å². The Morgan fingerprint density at radius 1 is 1.13 bits per heavy atom. The number of halogens is 2. The third kappa shape index (κ3) is 4.56. The Morgan fingerprint density at radius 3 is 2.65 bits per heavy atom. The van der Waals surface area contributed by atoms with Crippen molar-refractivity contribution in [3.8, 4) is 11.3 Å². The summed E-state index contributed by atoms with van der Waals surface area (Å²) in [4.78, 5) is 9.95. The molecule has 2 atom stereocenters. The maximum absolute atomic E-state index is 6.48. The number of hydrogen-bond donors (Lipinski definition) is 1. The first-order valence-corrected chi connectivity index (χ1v) is 12.4. The highest BCUT2D eigenvalue weighted by molar-refractivity contribution is 7.98. The van der Waals surface area contributed by atoms with Crippen LogP contribution >= 0.6 is 35.0 Å². The molecule has 1 N–H and O–H groups in total. The number of hydrogen-bond acceptors (Lipinski definition) is 5. The molecule has 1 aliphatic carbocycles. The summed E-state index contributed by atoms with van der Waals surface area (Å²) in [6.45, 7) is 4.78. The van der Waals surface area contributed by atoms with Gasteiger partial charge in [0.05, 0.1) is 28.6 Å². The van der Waals surface area contributed by atoms with Gasteiger partial charge in [0.2, 0.25) is 0 Å². The number of nitrogens with zero attached hydrogens (tertiary/aromatic N) is 2. The number of anilines is 1. The molecule has 1 heterocycles. The van der Waals surface area contributed by atoms with Crippen LogP contribution in [0.3, 0.4) is 0 Å². The monoisotopic (exact) mass is 473 g/mol. The van der Waals surface area contributed by atoms with Crippen molar-refractivity contribution in [1.29, 1.82) is 0 Å². The Morgan fingerprint density at radius 2 is 1.94 bits per heavy atom. The number of nitrogens with one attached hydrogen (secondary N) is 1.